The van der Waals surface area contributed by atoms with Gasteiger partial charge in [-0.05, 0) is 36.4 Å². The quantitative estimate of drug-likeness (QED) is 0.533. The van der Waals surface area contributed by atoms with Crippen LogP contribution in [-0.2, 0) is 0 Å². The van der Waals surface area contributed by atoms with Crippen LogP contribution in [0, 0.1) is 0 Å². The summed E-state index contributed by atoms with van der Waals surface area (Å²) in [7, 11) is 0. The number of rotatable bonds is 6. The summed E-state index contributed by atoms with van der Waals surface area (Å²) in [5.41, 5.74) is 1.03. The largest absolute Gasteiger partial charge is 0.355 e. The molecule has 0 bridgehead atoms. The average molecular weight is 360 g/mol. The Morgan fingerprint density at radius 1 is 1.25 bits per heavy atom. The van der Waals surface area contributed by atoms with Gasteiger partial charge >= 0.3 is 0 Å². The Kier molecular flexibility index (Phi) is 5.51. The SMILES string of the molecule is O=C(NCCSc1ccc(Cl)cc1)c1cc(-c2cccnc2)on1. The van der Waals surface area contributed by atoms with Gasteiger partial charge in [0.1, 0.15) is 0 Å². The van der Waals surface area contributed by atoms with E-state index in [1.807, 2.05) is 30.3 Å². The van der Waals surface area contributed by atoms with Crippen LogP contribution in [0.5, 0.6) is 0 Å². The molecule has 0 fully saturated rings. The Balaban J connectivity index is 1.49. The maximum atomic E-state index is 12.1. The van der Waals surface area contributed by atoms with Gasteiger partial charge in [0, 0.05) is 46.2 Å². The summed E-state index contributed by atoms with van der Waals surface area (Å²) in [6, 6.07) is 12.8. The summed E-state index contributed by atoms with van der Waals surface area (Å²) in [4.78, 5) is 17.2. The third-order valence-corrected chi connectivity index (χ3v) is 4.42. The number of pyridine rings is 1. The third kappa shape index (κ3) is 4.37. The molecule has 0 spiro atoms. The predicted octanol–water partition coefficient (Wildman–Crippen LogP) is 3.91. The van der Waals surface area contributed by atoms with Crippen molar-refractivity contribution in [3.8, 4) is 11.3 Å². The van der Waals surface area contributed by atoms with Crippen molar-refractivity contribution < 1.29 is 9.32 Å². The van der Waals surface area contributed by atoms with Crippen molar-refractivity contribution in [2.45, 2.75) is 4.90 Å². The van der Waals surface area contributed by atoms with Crippen LogP contribution in [0.4, 0.5) is 0 Å². The van der Waals surface area contributed by atoms with Gasteiger partial charge in [-0.25, -0.2) is 0 Å². The van der Waals surface area contributed by atoms with E-state index in [-0.39, 0.29) is 11.6 Å². The summed E-state index contributed by atoms with van der Waals surface area (Å²) in [5, 5.41) is 7.34. The van der Waals surface area contributed by atoms with Crippen molar-refractivity contribution in [3.05, 3.63) is 65.6 Å². The van der Waals surface area contributed by atoms with Gasteiger partial charge in [-0.2, -0.15) is 0 Å². The van der Waals surface area contributed by atoms with Gasteiger partial charge in [0.15, 0.2) is 11.5 Å². The number of halogens is 1. The van der Waals surface area contributed by atoms with E-state index in [0.29, 0.717) is 17.3 Å². The molecule has 7 heteroatoms. The highest BCUT2D eigenvalue weighted by atomic mass is 35.5. The Morgan fingerprint density at radius 3 is 2.83 bits per heavy atom. The van der Waals surface area contributed by atoms with Gasteiger partial charge in [-0.1, -0.05) is 16.8 Å². The van der Waals surface area contributed by atoms with E-state index >= 15 is 0 Å². The zero-order valence-electron chi connectivity index (χ0n) is 12.6. The molecular formula is C17H14ClN3O2S. The summed E-state index contributed by atoms with van der Waals surface area (Å²) in [5.74, 6) is 1.01. The zero-order chi connectivity index (χ0) is 16.8. The van der Waals surface area contributed by atoms with Gasteiger partial charge < -0.3 is 9.84 Å². The second kappa shape index (κ2) is 7.99. The maximum absolute atomic E-state index is 12.1. The molecule has 122 valence electrons. The first-order valence-electron chi connectivity index (χ1n) is 7.26. The van der Waals surface area contributed by atoms with Gasteiger partial charge in [0.25, 0.3) is 5.91 Å². The molecule has 0 aliphatic carbocycles. The number of nitrogens with one attached hydrogen (secondary N) is 1. The first-order valence-corrected chi connectivity index (χ1v) is 8.62. The minimum Gasteiger partial charge on any atom is -0.355 e. The highest BCUT2D eigenvalue weighted by molar-refractivity contribution is 7.99. The fourth-order valence-electron chi connectivity index (χ4n) is 1.98. The molecule has 0 saturated heterocycles. The van der Waals surface area contributed by atoms with Crippen LogP contribution >= 0.6 is 23.4 Å². The molecule has 1 N–H and O–H groups in total. The standard InChI is InChI=1S/C17H14ClN3O2S/c18-13-3-5-14(6-4-13)24-9-8-20-17(22)15-10-16(23-21-15)12-2-1-7-19-11-12/h1-7,10-11H,8-9H2,(H,20,22). The third-order valence-electron chi connectivity index (χ3n) is 3.16. The van der Waals surface area contributed by atoms with Crippen LogP contribution in [0.3, 0.4) is 0 Å². The summed E-state index contributed by atoms with van der Waals surface area (Å²) < 4.78 is 5.19. The van der Waals surface area contributed by atoms with Crippen LogP contribution in [0.15, 0.2) is 64.3 Å². The zero-order valence-corrected chi connectivity index (χ0v) is 14.2. The van der Waals surface area contributed by atoms with E-state index in [4.69, 9.17) is 16.1 Å². The van der Waals surface area contributed by atoms with Crippen molar-refractivity contribution in [1.29, 1.82) is 0 Å². The van der Waals surface area contributed by atoms with Crippen LogP contribution in [0.25, 0.3) is 11.3 Å². The first-order chi connectivity index (χ1) is 11.7. The summed E-state index contributed by atoms with van der Waals surface area (Å²) >= 11 is 7.49. The molecule has 0 saturated carbocycles. The lowest BCUT2D eigenvalue weighted by molar-refractivity contribution is 0.0947. The number of carbonyl (C=O) groups is 1. The van der Waals surface area contributed by atoms with Crippen molar-refractivity contribution >= 4 is 29.3 Å². The highest BCUT2D eigenvalue weighted by Crippen LogP contribution is 2.20. The molecule has 0 radical (unpaired) electrons. The second-order valence-electron chi connectivity index (χ2n) is 4.88. The molecule has 0 unspecified atom stereocenters. The van der Waals surface area contributed by atoms with E-state index < -0.39 is 0 Å². The van der Waals surface area contributed by atoms with E-state index in [1.165, 1.54) is 0 Å². The molecule has 3 aromatic rings. The lowest BCUT2D eigenvalue weighted by Gasteiger charge is -2.03. The molecule has 0 aliphatic rings. The minimum absolute atomic E-state index is 0.255. The fourth-order valence-corrected chi connectivity index (χ4v) is 2.88. The fraction of sp³-hybridized carbons (Fsp3) is 0.118. The van der Waals surface area contributed by atoms with Gasteiger partial charge in [-0.15, -0.1) is 11.8 Å². The molecular weight excluding hydrogens is 346 g/mol. The lowest BCUT2D eigenvalue weighted by Crippen LogP contribution is -2.25. The van der Waals surface area contributed by atoms with Crippen LogP contribution < -0.4 is 5.32 Å². The molecule has 2 heterocycles. The molecule has 0 atom stereocenters. The molecule has 3 rings (SSSR count). The Labute approximate surface area is 148 Å². The highest BCUT2D eigenvalue weighted by Gasteiger charge is 2.13. The van der Waals surface area contributed by atoms with Gasteiger partial charge in [0.05, 0.1) is 0 Å². The van der Waals surface area contributed by atoms with E-state index in [9.17, 15) is 4.79 Å². The average Bonchev–Trinajstić information content (AvgIpc) is 3.11. The number of hydrogen-bond donors (Lipinski definition) is 1. The minimum atomic E-state index is -0.259. The predicted molar refractivity (Wildman–Crippen MR) is 94.2 cm³/mol. The van der Waals surface area contributed by atoms with E-state index in [0.717, 1.165) is 16.2 Å². The van der Waals surface area contributed by atoms with Crippen LogP contribution in [0.1, 0.15) is 10.5 Å². The van der Waals surface area contributed by atoms with Crippen LogP contribution in [-0.4, -0.2) is 28.3 Å². The number of aromatic nitrogens is 2. The molecule has 24 heavy (non-hydrogen) atoms. The summed E-state index contributed by atoms with van der Waals surface area (Å²) in [6.07, 6.45) is 3.33. The number of amides is 1. The molecule has 1 amide bonds. The van der Waals surface area contributed by atoms with E-state index in [2.05, 4.69) is 15.5 Å². The number of thioether (sulfide) groups is 1. The summed E-state index contributed by atoms with van der Waals surface area (Å²) in [6.45, 7) is 0.529. The molecule has 0 aliphatic heterocycles. The number of hydrogen-bond acceptors (Lipinski definition) is 5. The smallest absolute Gasteiger partial charge is 0.273 e. The van der Waals surface area contributed by atoms with Gasteiger partial charge in [0.2, 0.25) is 0 Å². The Hall–Kier alpha value is -2.31. The Bertz CT molecular complexity index is 806. The molecule has 1 aromatic carbocycles. The molecule has 5 nitrogen and oxygen atoms in total. The van der Waals surface area contributed by atoms with Gasteiger partial charge in [-0.3, -0.25) is 9.78 Å². The first kappa shape index (κ1) is 16.5. The topological polar surface area (TPSA) is 68.0 Å². The van der Waals surface area contributed by atoms with Crippen molar-refractivity contribution in [2.75, 3.05) is 12.3 Å². The molecule has 2 aromatic heterocycles. The van der Waals surface area contributed by atoms with Crippen molar-refractivity contribution in [3.63, 3.8) is 0 Å². The maximum Gasteiger partial charge on any atom is 0.273 e. The monoisotopic (exact) mass is 359 g/mol. The van der Waals surface area contributed by atoms with Crippen LogP contribution in [0.2, 0.25) is 5.02 Å². The Morgan fingerprint density at radius 2 is 2.08 bits per heavy atom. The lowest BCUT2D eigenvalue weighted by atomic mass is 10.2. The normalized spacial score (nSPS) is 10.5. The number of carbonyl (C=O) groups excluding carboxylic acids is 1. The number of nitrogens with zero attached hydrogens (tertiary/aromatic N) is 2. The van der Waals surface area contributed by atoms with Crippen molar-refractivity contribution in [1.82, 2.24) is 15.5 Å². The van der Waals surface area contributed by atoms with Crippen molar-refractivity contribution in [2.24, 2.45) is 0 Å². The second-order valence-corrected chi connectivity index (χ2v) is 6.48. The van der Waals surface area contributed by atoms with E-state index in [1.54, 1.807) is 36.3 Å². The number of benzene rings is 1.